The lowest BCUT2D eigenvalue weighted by molar-refractivity contribution is -0.133. The van der Waals surface area contributed by atoms with Gasteiger partial charge >= 0.3 is 0 Å². The number of carbonyl (C=O) groups excluding carboxylic acids is 1. The molecule has 1 aliphatic heterocycles. The fraction of sp³-hybridized carbons (Fsp3) is 0.529. The number of hydrogen-bond donors (Lipinski definition) is 0. The topological polar surface area (TPSA) is 51.3 Å². The van der Waals surface area contributed by atoms with Gasteiger partial charge in [-0.15, -0.1) is 0 Å². The monoisotopic (exact) mass is 301 g/mol. The van der Waals surface area contributed by atoms with Gasteiger partial charge in [-0.05, 0) is 44.9 Å². The molecule has 1 atom stereocenters. The molecule has 0 N–H and O–H groups in total. The quantitative estimate of drug-likeness (QED) is 0.872. The highest BCUT2D eigenvalue weighted by Crippen LogP contribution is 2.33. The van der Waals surface area contributed by atoms with Gasteiger partial charge < -0.3 is 9.32 Å². The molecular formula is C17H23N3O2. The van der Waals surface area contributed by atoms with E-state index in [1.165, 1.54) is 0 Å². The summed E-state index contributed by atoms with van der Waals surface area (Å²) < 4.78 is 7.64. The summed E-state index contributed by atoms with van der Waals surface area (Å²) in [4.78, 5) is 14.6. The lowest BCUT2D eigenvalue weighted by atomic mass is 10.1. The number of likely N-dealkylation sites (tertiary alicyclic amines) is 1. The Labute approximate surface area is 130 Å². The van der Waals surface area contributed by atoms with E-state index in [9.17, 15) is 4.79 Å². The predicted molar refractivity (Wildman–Crippen MR) is 83.5 cm³/mol. The zero-order chi connectivity index (χ0) is 15.7. The minimum absolute atomic E-state index is 0.0739. The van der Waals surface area contributed by atoms with Crippen molar-refractivity contribution in [3.05, 3.63) is 41.1 Å². The molecule has 0 radical (unpaired) electrons. The van der Waals surface area contributed by atoms with Crippen LogP contribution < -0.4 is 0 Å². The molecule has 0 aliphatic carbocycles. The molecule has 118 valence electrons. The Morgan fingerprint density at radius 1 is 1.41 bits per heavy atom. The average Bonchev–Trinajstić information content (AvgIpc) is 3.19. The summed E-state index contributed by atoms with van der Waals surface area (Å²) >= 11 is 0. The fourth-order valence-electron chi connectivity index (χ4n) is 3.18. The molecule has 22 heavy (non-hydrogen) atoms. The number of aryl methyl sites for hydroxylation is 3. The van der Waals surface area contributed by atoms with Gasteiger partial charge in [0.15, 0.2) is 0 Å². The van der Waals surface area contributed by atoms with Crippen LogP contribution in [0.3, 0.4) is 0 Å². The van der Waals surface area contributed by atoms with Gasteiger partial charge in [0, 0.05) is 18.7 Å². The van der Waals surface area contributed by atoms with Crippen LogP contribution in [0.2, 0.25) is 0 Å². The first-order chi connectivity index (χ1) is 10.6. The van der Waals surface area contributed by atoms with Crippen molar-refractivity contribution in [2.24, 2.45) is 0 Å². The van der Waals surface area contributed by atoms with Gasteiger partial charge in [-0.1, -0.05) is 6.92 Å². The number of amides is 1. The van der Waals surface area contributed by atoms with Gasteiger partial charge in [0.05, 0.1) is 11.7 Å². The number of rotatable bonds is 4. The summed E-state index contributed by atoms with van der Waals surface area (Å²) in [7, 11) is 0. The summed E-state index contributed by atoms with van der Waals surface area (Å²) in [6.45, 7) is 7.10. The van der Waals surface area contributed by atoms with Crippen molar-refractivity contribution in [3.63, 3.8) is 0 Å². The SMILES string of the molecule is CCc1ccc(C2CCCN2C(=O)Cn2nc(C)cc2C)o1. The molecule has 2 aromatic heterocycles. The van der Waals surface area contributed by atoms with E-state index in [1.54, 1.807) is 4.68 Å². The van der Waals surface area contributed by atoms with Crippen molar-refractivity contribution in [1.29, 1.82) is 0 Å². The Morgan fingerprint density at radius 3 is 2.86 bits per heavy atom. The molecule has 5 nitrogen and oxygen atoms in total. The molecule has 1 fully saturated rings. The van der Waals surface area contributed by atoms with Gasteiger partial charge in [-0.3, -0.25) is 9.48 Å². The van der Waals surface area contributed by atoms with Gasteiger partial charge in [-0.2, -0.15) is 5.10 Å². The highest BCUT2D eigenvalue weighted by atomic mass is 16.3. The van der Waals surface area contributed by atoms with E-state index in [0.717, 1.165) is 48.7 Å². The third-order valence-electron chi connectivity index (χ3n) is 4.32. The first-order valence-corrected chi connectivity index (χ1v) is 7.97. The molecule has 5 heteroatoms. The molecule has 0 bridgehead atoms. The Morgan fingerprint density at radius 2 is 2.23 bits per heavy atom. The maximum Gasteiger partial charge on any atom is 0.244 e. The molecule has 0 aromatic carbocycles. The number of carbonyl (C=O) groups is 1. The van der Waals surface area contributed by atoms with E-state index >= 15 is 0 Å². The Balaban J connectivity index is 1.74. The Kier molecular flexibility index (Phi) is 4.05. The van der Waals surface area contributed by atoms with Crippen molar-refractivity contribution in [3.8, 4) is 0 Å². The van der Waals surface area contributed by atoms with Crippen LogP contribution in [-0.4, -0.2) is 27.1 Å². The van der Waals surface area contributed by atoms with Crippen molar-refractivity contribution in [2.45, 2.75) is 52.6 Å². The smallest absolute Gasteiger partial charge is 0.244 e. The number of hydrogen-bond acceptors (Lipinski definition) is 3. The number of furan rings is 1. The maximum atomic E-state index is 12.7. The zero-order valence-corrected chi connectivity index (χ0v) is 13.5. The molecule has 3 rings (SSSR count). The Hall–Kier alpha value is -2.04. The van der Waals surface area contributed by atoms with Crippen LogP contribution in [0, 0.1) is 13.8 Å². The zero-order valence-electron chi connectivity index (χ0n) is 13.5. The van der Waals surface area contributed by atoms with Gasteiger partial charge in [0.2, 0.25) is 5.91 Å². The lowest BCUT2D eigenvalue weighted by Gasteiger charge is -2.23. The fourth-order valence-corrected chi connectivity index (χ4v) is 3.18. The van der Waals surface area contributed by atoms with Gasteiger partial charge in [0.1, 0.15) is 18.1 Å². The normalized spacial score (nSPS) is 18.1. The second-order valence-corrected chi connectivity index (χ2v) is 5.99. The summed E-state index contributed by atoms with van der Waals surface area (Å²) in [6, 6.07) is 6.09. The largest absolute Gasteiger partial charge is 0.464 e. The third-order valence-corrected chi connectivity index (χ3v) is 4.32. The van der Waals surface area contributed by atoms with Crippen molar-refractivity contribution >= 4 is 5.91 Å². The first kappa shape index (κ1) is 14.9. The number of nitrogens with zero attached hydrogens (tertiary/aromatic N) is 3. The minimum Gasteiger partial charge on any atom is -0.464 e. The van der Waals surface area contributed by atoms with E-state index < -0.39 is 0 Å². The van der Waals surface area contributed by atoms with E-state index in [2.05, 4.69) is 12.0 Å². The molecule has 2 aromatic rings. The first-order valence-electron chi connectivity index (χ1n) is 7.97. The van der Waals surface area contributed by atoms with Crippen LogP contribution >= 0.6 is 0 Å². The summed E-state index contributed by atoms with van der Waals surface area (Å²) in [5, 5.41) is 4.38. The number of aromatic nitrogens is 2. The minimum atomic E-state index is 0.0739. The van der Waals surface area contributed by atoms with E-state index in [4.69, 9.17) is 4.42 Å². The molecule has 3 heterocycles. The van der Waals surface area contributed by atoms with Crippen molar-refractivity contribution < 1.29 is 9.21 Å². The van der Waals surface area contributed by atoms with E-state index in [0.29, 0.717) is 6.54 Å². The van der Waals surface area contributed by atoms with Crippen molar-refractivity contribution in [2.75, 3.05) is 6.54 Å². The lowest BCUT2D eigenvalue weighted by Crippen LogP contribution is -2.33. The highest BCUT2D eigenvalue weighted by molar-refractivity contribution is 5.76. The van der Waals surface area contributed by atoms with Crippen LogP contribution in [0.1, 0.15) is 48.7 Å². The third kappa shape index (κ3) is 2.80. The van der Waals surface area contributed by atoms with E-state index in [-0.39, 0.29) is 11.9 Å². The van der Waals surface area contributed by atoms with Crippen LogP contribution in [0.25, 0.3) is 0 Å². The molecule has 0 spiro atoms. The van der Waals surface area contributed by atoms with Gasteiger partial charge in [0.25, 0.3) is 0 Å². The second-order valence-electron chi connectivity index (χ2n) is 5.99. The summed E-state index contributed by atoms with van der Waals surface area (Å²) in [5.74, 6) is 2.01. The molecule has 1 amide bonds. The summed E-state index contributed by atoms with van der Waals surface area (Å²) in [5.41, 5.74) is 1.97. The van der Waals surface area contributed by atoms with E-state index in [1.807, 2.05) is 36.9 Å². The predicted octanol–water partition coefficient (Wildman–Crippen LogP) is 3.02. The second kappa shape index (κ2) is 5.99. The standard InChI is InChI=1S/C17H23N3O2/c1-4-14-7-8-16(22-14)15-6-5-9-19(15)17(21)11-20-13(3)10-12(2)18-20/h7-8,10,15H,4-6,9,11H2,1-3H3. The highest BCUT2D eigenvalue weighted by Gasteiger charge is 2.32. The van der Waals surface area contributed by atoms with Crippen LogP contribution in [0.5, 0.6) is 0 Å². The van der Waals surface area contributed by atoms with Crippen LogP contribution in [0.4, 0.5) is 0 Å². The van der Waals surface area contributed by atoms with Crippen molar-refractivity contribution in [1.82, 2.24) is 14.7 Å². The molecule has 0 saturated carbocycles. The average molecular weight is 301 g/mol. The van der Waals surface area contributed by atoms with Crippen LogP contribution in [0.15, 0.2) is 22.6 Å². The maximum absolute atomic E-state index is 12.7. The Bertz CT molecular complexity index is 671. The molecule has 1 unspecified atom stereocenters. The molecule has 1 saturated heterocycles. The van der Waals surface area contributed by atoms with Crippen LogP contribution in [-0.2, 0) is 17.8 Å². The molecular weight excluding hydrogens is 278 g/mol. The van der Waals surface area contributed by atoms with Gasteiger partial charge in [-0.25, -0.2) is 0 Å². The molecule has 1 aliphatic rings. The summed E-state index contributed by atoms with van der Waals surface area (Å²) in [6.07, 6.45) is 2.88.